The van der Waals surface area contributed by atoms with Crippen molar-refractivity contribution in [2.75, 3.05) is 0 Å². The maximum absolute atomic E-state index is 12.6. The number of hydrogen-bond donors (Lipinski definition) is 0. The van der Waals surface area contributed by atoms with Crippen molar-refractivity contribution in [2.24, 2.45) is 0 Å². The molecule has 114 valence electrons. The van der Waals surface area contributed by atoms with Gasteiger partial charge in [-0.15, -0.1) is 0 Å². The number of carbonyl (C=O) groups excluding carboxylic acids is 1. The van der Waals surface area contributed by atoms with E-state index in [-0.39, 0.29) is 25.6 Å². The van der Waals surface area contributed by atoms with Crippen molar-refractivity contribution in [1.29, 1.82) is 0 Å². The van der Waals surface area contributed by atoms with Crippen LogP contribution in [0.3, 0.4) is 0 Å². The Morgan fingerprint density at radius 2 is 1.26 bits per heavy atom. The molecule has 2 heteroatoms. The van der Waals surface area contributed by atoms with E-state index in [1.165, 1.54) is 10.0 Å². The number of hydrogen-bond acceptors (Lipinski definition) is 1. The van der Waals surface area contributed by atoms with Gasteiger partial charge in [0.05, 0.1) is 0 Å². The fraction of sp³-hybridized carbons (Fsp3) is 0.0952. The summed E-state index contributed by atoms with van der Waals surface area (Å²) in [6.07, 6.45) is 0.558. The summed E-state index contributed by atoms with van der Waals surface area (Å²) in [7, 11) is 0. The van der Waals surface area contributed by atoms with Gasteiger partial charge in [-0.2, -0.15) is 0 Å². The predicted molar refractivity (Wildman–Crippen MR) is 96.4 cm³/mol. The van der Waals surface area contributed by atoms with Crippen LogP contribution in [0, 0.1) is 0 Å². The van der Waals surface area contributed by atoms with Crippen molar-refractivity contribution >= 4 is 25.2 Å². The van der Waals surface area contributed by atoms with Crippen LogP contribution in [0.25, 0.3) is 0 Å². The third-order valence-electron chi connectivity index (χ3n) is 3.66. The zero-order valence-corrected chi connectivity index (χ0v) is 14.5. The van der Waals surface area contributed by atoms with Crippen molar-refractivity contribution < 1.29 is 4.79 Å². The summed E-state index contributed by atoms with van der Waals surface area (Å²) in [6, 6.07) is 30.5. The number of ketones is 1. The van der Waals surface area contributed by atoms with Crippen LogP contribution >= 0.6 is 0 Å². The van der Waals surface area contributed by atoms with E-state index in [1.807, 2.05) is 42.5 Å². The molecule has 0 saturated carbocycles. The van der Waals surface area contributed by atoms with Crippen LogP contribution in [0.5, 0.6) is 0 Å². The van der Waals surface area contributed by atoms with Gasteiger partial charge in [0.25, 0.3) is 0 Å². The van der Waals surface area contributed by atoms with E-state index in [1.54, 1.807) is 0 Å². The second kappa shape index (κ2) is 7.92. The molecular weight excluding hydrogens is 347 g/mol. The molecule has 0 N–H and O–H groups in total. The fourth-order valence-electron chi connectivity index (χ4n) is 2.47. The van der Waals surface area contributed by atoms with Crippen LogP contribution in [-0.4, -0.2) is 20.7 Å². The first kappa shape index (κ1) is 15.7. The van der Waals surface area contributed by atoms with E-state index >= 15 is 0 Å². The summed E-state index contributed by atoms with van der Waals surface area (Å²) in [6.45, 7) is 0. The molecule has 0 bridgehead atoms. The second-order valence-electron chi connectivity index (χ2n) is 5.32. The molecule has 3 rings (SSSR count). The Labute approximate surface area is 143 Å². The van der Waals surface area contributed by atoms with E-state index in [0.29, 0.717) is 6.42 Å². The molecule has 0 aromatic heterocycles. The van der Waals surface area contributed by atoms with Gasteiger partial charge in [-0.25, -0.2) is 0 Å². The zero-order chi connectivity index (χ0) is 15.9. The maximum atomic E-state index is 12.6. The van der Waals surface area contributed by atoms with Gasteiger partial charge in [-0.05, 0) is 0 Å². The van der Waals surface area contributed by atoms with Crippen LogP contribution in [0.4, 0.5) is 0 Å². The Hall–Kier alpha value is -2.15. The molecule has 0 heterocycles. The molecule has 0 spiro atoms. The normalized spacial score (nSPS) is 11.8. The van der Waals surface area contributed by atoms with Gasteiger partial charge in [-0.1, -0.05) is 0 Å². The molecule has 0 fully saturated rings. The van der Waals surface area contributed by atoms with Gasteiger partial charge < -0.3 is 0 Å². The summed E-state index contributed by atoms with van der Waals surface area (Å²) in [4.78, 5) is 12.9. The van der Waals surface area contributed by atoms with E-state index in [2.05, 4.69) is 48.5 Å². The Bertz CT molecular complexity index is 739. The van der Waals surface area contributed by atoms with Crippen LogP contribution in [0.15, 0.2) is 91.0 Å². The molecule has 0 saturated heterocycles. The van der Waals surface area contributed by atoms with Gasteiger partial charge in [-0.3, -0.25) is 0 Å². The summed E-state index contributed by atoms with van der Waals surface area (Å²) < 4.78 is 1.33. The fourth-order valence-corrected chi connectivity index (χ4v) is 4.93. The van der Waals surface area contributed by atoms with Crippen molar-refractivity contribution in [1.82, 2.24) is 0 Å². The van der Waals surface area contributed by atoms with Gasteiger partial charge in [0.2, 0.25) is 0 Å². The van der Waals surface area contributed by atoms with Gasteiger partial charge in [0, 0.05) is 0 Å². The third-order valence-corrected chi connectivity index (χ3v) is 6.32. The van der Waals surface area contributed by atoms with Crippen molar-refractivity contribution in [3.63, 3.8) is 0 Å². The van der Waals surface area contributed by atoms with Gasteiger partial charge in [0.15, 0.2) is 0 Å². The van der Waals surface area contributed by atoms with Crippen LogP contribution < -0.4 is 4.46 Å². The molecule has 3 aromatic rings. The summed E-state index contributed by atoms with van der Waals surface area (Å²) in [5, 5.41) is 0. The molecule has 0 aliphatic heterocycles. The molecule has 23 heavy (non-hydrogen) atoms. The second-order valence-corrected chi connectivity index (χ2v) is 8.00. The number of benzene rings is 3. The average Bonchev–Trinajstić information content (AvgIpc) is 2.63. The molecule has 1 nitrogen and oxygen atoms in total. The molecule has 0 amide bonds. The molecule has 1 atom stereocenters. The third kappa shape index (κ3) is 4.41. The summed E-state index contributed by atoms with van der Waals surface area (Å²) >= 11 is 0.229. The number of rotatable bonds is 6. The Balaban J connectivity index is 1.82. The molecule has 0 radical (unpaired) electrons. The van der Waals surface area contributed by atoms with E-state index in [9.17, 15) is 4.79 Å². The SMILES string of the molecule is O=C(CC([Se]c1ccccc1)c1ccccc1)c1ccccc1. The first-order valence-electron chi connectivity index (χ1n) is 7.68. The minimum atomic E-state index is 0.220. The van der Waals surface area contributed by atoms with Crippen molar-refractivity contribution in [2.45, 2.75) is 11.2 Å². The monoisotopic (exact) mass is 366 g/mol. The first-order chi connectivity index (χ1) is 11.3. The van der Waals surface area contributed by atoms with Crippen molar-refractivity contribution in [3.8, 4) is 0 Å². The van der Waals surface area contributed by atoms with Crippen LogP contribution in [0.1, 0.15) is 27.2 Å². The first-order valence-corrected chi connectivity index (χ1v) is 9.52. The molecular formula is C21H18OSe. The van der Waals surface area contributed by atoms with E-state index < -0.39 is 0 Å². The predicted octanol–water partition coefficient (Wildman–Crippen LogP) is 4.03. The molecule has 1 unspecified atom stereocenters. The van der Waals surface area contributed by atoms with Crippen LogP contribution in [-0.2, 0) is 0 Å². The molecule has 0 aliphatic carbocycles. The molecule has 3 aromatic carbocycles. The standard InChI is InChI=1S/C21H18OSe/c22-20(17-10-4-1-5-11-17)16-21(18-12-6-2-7-13-18)23-19-14-8-3-9-15-19/h1-15,21H,16H2. The summed E-state index contributed by atoms with van der Waals surface area (Å²) in [5.41, 5.74) is 2.05. The van der Waals surface area contributed by atoms with Gasteiger partial charge in [0.1, 0.15) is 0 Å². The molecule has 0 aliphatic rings. The topological polar surface area (TPSA) is 17.1 Å². The Morgan fingerprint density at radius 1 is 0.739 bits per heavy atom. The van der Waals surface area contributed by atoms with Crippen LogP contribution in [0.2, 0.25) is 0 Å². The Kier molecular flexibility index (Phi) is 5.41. The number of Topliss-reactive ketones (excluding diaryl/α,β-unsaturated/α-hetero) is 1. The van der Waals surface area contributed by atoms with E-state index in [0.717, 1.165) is 5.56 Å². The summed E-state index contributed by atoms with van der Waals surface area (Å²) in [5.74, 6) is 0.220. The van der Waals surface area contributed by atoms with E-state index in [4.69, 9.17) is 0 Å². The number of carbonyl (C=O) groups is 1. The Morgan fingerprint density at radius 3 is 1.87 bits per heavy atom. The minimum absolute atomic E-state index is 0.220. The van der Waals surface area contributed by atoms with Crippen molar-refractivity contribution in [3.05, 3.63) is 102 Å². The quantitative estimate of drug-likeness (QED) is 0.476. The zero-order valence-electron chi connectivity index (χ0n) is 12.8. The average molecular weight is 365 g/mol. The van der Waals surface area contributed by atoms with Gasteiger partial charge >= 0.3 is 143 Å².